The topological polar surface area (TPSA) is 62.2 Å². The smallest absolute Gasteiger partial charge is 0.366 e. The van der Waals surface area contributed by atoms with Crippen molar-refractivity contribution in [1.29, 1.82) is 0 Å². The number of hydrogen-bond acceptors (Lipinski definition) is 4. The highest BCUT2D eigenvalue weighted by atomic mass is 35.5. The number of rotatable bonds is 7. The average Bonchev–Trinajstić information content (AvgIpc) is 3.18. The van der Waals surface area contributed by atoms with E-state index in [1.807, 2.05) is 25.3 Å². The zero-order valence-corrected chi connectivity index (χ0v) is 17.1. The molecule has 2 aromatic heterocycles. The number of nitrogens with one attached hydrogen (secondary N) is 2. The summed E-state index contributed by atoms with van der Waals surface area (Å²) >= 11 is 5.96. The fraction of sp³-hybridized carbons (Fsp3) is 0.286. The molecule has 2 aromatic rings. The third kappa shape index (κ3) is 6.32. The van der Waals surface area contributed by atoms with E-state index in [0.29, 0.717) is 23.0 Å². The number of nitrogens with zero attached hydrogens (tertiary/aromatic N) is 3. The van der Waals surface area contributed by atoms with Crippen molar-refractivity contribution in [3.05, 3.63) is 76.5 Å². The summed E-state index contributed by atoms with van der Waals surface area (Å²) in [6.45, 7) is 2.30. The summed E-state index contributed by atoms with van der Waals surface area (Å²) < 4.78 is 37.7. The fourth-order valence-electron chi connectivity index (χ4n) is 2.72. The van der Waals surface area contributed by atoms with Gasteiger partial charge in [0.2, 0.25) is 0 Å². The van der Waals surface area contributed by atoms with Gasteiger partial charge in [0, 0.05) is 42.8 Å². The van der Waals surface area contributed by atoms with Gasteiger partial charge in [-0.2, -0.15) is 13.2 Å². The molecule has 0 bridgehead atoms. The molecule has 5 nitrogen and oxygen atoms in total. The highest BCUT2D eigenvalue weighted by molar-refractivity contribution is 6.29. The first-order chi connectivity index (χ1) is 14.3. The van der Waals surface area contributed by atoms with Gasteiger partial charge in [-0.3, -0.25) is 4.98 Å². The second kappa shape index (κ2) is 9.75. The van der Waals surface area contributed by atoms with Crippen molar-refractivity contribution in [2.24, 2.45) is 4.99 Å². The zero-order chi connectivity index (χ0) is 21.6. The van der Waals surface area contributed by atoms with Gasteiger partial charge in [0.15, 0.2) is 0 Å². The molecule has 0 radical (unpaired) electrons. The van der Waals surface area contributed by atoms with E-state index in [1.54, 1.807) is 12.4 Å². The molecule has 1 aliphatic rings. The number of alkyl halides is 3. The monoisotopic (exact) mass is 435 g/mol. The van der Waals surface area contributed by atoms with Crippen LogP contribution >= 0.6 is 11.6 Å². The summed E-state index contributed by atoms with van der Waals surface area (Å²) in [6.07, 6.45) is 4.38. The molecule has 0 fully saturated rings. The van der Waals surface area contributed by atoms with Crippen molar-refractivity contribution in [2.45, 2.75) is 38.9 Å². The first-order valence-electron chi connectivity index (χ1n) is 9.40. The van der Waals surface area contributed by atoms with Gasteiger partial charge in [-0.1, -0.05) is 30.7 Å². The number of aromatic nitrogens is 2. The van der Waals surface area contributed by atoms with Crippen molar-refractivity contribution >= 4 is 23.3 Å². The highest BCUT2D eigenvalue weighted by Crippen LogP contribution is 2.27. The Morgan fingerprint density at radius 2 is 1.97 bits per heavy atom. The Kier molecular flexibility index (Phi) is 7.10. The minimum Gasteiger partial charge on any atom is -0.366 e. The highest BCUT2D eigenvalue weighted by Gasteiger charge is 2.31. The average molecular weight is 436 g/mol. The van der Waals surface area contributed by atoms with Crippen LogP contribution in [-0.4, -0.2) is 15.8 Å². The van der Waals surface area contributed by atoms with Gasteiger partial charge in [0.05, 0.1) is 0 Å². The van der Waals surface area contributed by atoms with Crippen molar-refractivity contribution in [1.82, 2.24) is 15.3 Å². The maximum absolute atomic E-state index is 12.6. The molecule has 0 saturated carbocycles. The van der Waals surface area contributed by atoms with E-state index in [-0.39, 0.29) is 0 Å². The van der Waals surface area contributed by atoms with Crippen LogP contribution < -0.4 is 10.6 Å². The standard InChI is InChI=1S/C21H21ClF3N5/c1-2-17(22)13-30-20-8-16(12-29-20)7-14-4-6-19(27-9-14)28-11-15-3-5-18(26-10-15)21(23,24)25/h3-6,9-10,12-13H,2,7-8,11H2,1H3,(H,27,28)(H,29,30)/b17-13+. The van der Waals surface area contributed by atoms with Gasteiger partial charge in [0.1, 0.15) is 17.3 Å². The van der Waals surface area contributed by atoms with E-state index in [9.17, 15) is 13.2 Å². The Labute approximate surface area is 177 Å². The van der Waals surface area contributed by atoms with Crippen LogP contribution in [0, 0.1) is 0 Å². The lowest BCUT2D eigenvalue weighted by molar-refractivity contribution is -0.141. The van der Waals surface area contributed by atoms with Gasteiger partial charge >= 0.3 is 6.18 Å². The zero-order valence-electron chi connectivity index (χ0n) is 16.3. The number of pyridine rings is 2. The Morgan fingerprint density at radius 3 is 2.60 bits per heavy atom. The molecular formula is C21H21ClF3N5. The van der Waals surface area contributed by atoms with E-state index in [1.165, 1.54) is 17.8 Å². The molecule has 158 valence electrons. The Morgan fingerprint density at radius 1 is 1.20 bits per heavy atom. The van der Waals surface area contributed by atoms with E-state index in [0.717, 1.165) is 36.7 Å². The first kappa shape index (κ1) is 21.8. The molecular weight excluding hydrogens is 415 g/mol. The van der Waals surface area contributed by atoms with Crippen LogP contribution in [0.15, 0.2) is 64.7 Å². The minimum atomic E-state index is -4.43. The maximum atomic E-state index is 12.6. The molecule has 9 heteroatoms. The van der Waals surface area contributed by atoms with Crippen molar-refractivity contribution in [2.75, 3.05) is 5.32 Å². The van der Waals surface area contributed by atoms with E-state index >= 15 is 0 Å². The summed E-state index contributed by atoms with van der Waals surface area (Å²) in [4.78, 5) is 12.2. The van der Waals surface area contributed by atoms with Gasteiger partial charge in [-0.25, -0.2) is 9.98 Å². The van der Waals surface area contributed by atoms with Crippen LogP contribution in [0.25, 0.3) is 0 Å². The third-order valence-corrected chi connectivity index (χ3v) is 4.75. The largest absolute Gasteiger partial charge is 0.433 e. The predicted molar refractivity (Wildman–Crippen MR) is 112 cm³/mol. The summed E-state index contributed by atoms with van der Waals surface area (Å²) in [5, 5.41) is 6.93. The Hall–Kier alpha value is -2.87. The number of allylic oxidation sites excluding steroid dienone is 1. The Balaban J connectivity index is 1.50. The molecule has 0 aliphatic carbocycles. The lowest BCUT2D eigenvalue weighted by Crippen LogP contribution is -2.09. The summed E-state index contributed by atoms with van der Waals surface area (Å²) in [7, 11) is 0. The summed E-state index contributed by atoms with van der Waals surface area (Å²) in [5.74, 6) is 1.49. The molecule has 0 atom stereocenters. The maximum Gasteiger partial charge on any atom is 0.433 e. The van der Waals surface area contributed by atoms with Gasteiger partial charge < -0.3 is 10.6 Å². The van der Waals surface area contributed by atoms with E-state index in [4.69, 9.17) is 11.6 Å². The second-order valence-corrected chi connectivity index (χ2v) is 7.25. The van der Waals surface area contributed by atoms with Crippen LogP contribution in [0.1, 0.15) is 36.6 Å². The molecule has 0 unspecified atom stereocenters. The van der Waals surface area contributed by atoms with E-state index in [2.05, 4.69) is 25.6 Å². The SMILES string of the molecule is CC/C(Cl)=C\N=C1/CC(Cc2ccc(NCc3ccc(C(F)(F)F)nc3)nc2)=CN1. The molecule has 0 saturated heterocycles. The van der Waals surface area contributed by atoms with Crippen LogP contribution in [0.2, 0.25) is 0 Å². The normalized spacial score (nSPS) is 15.8. The van der Waals surface area contributed by atoms with Gasteiger partial charge in [0.25, 0.3) is 0 Å². The van der Waals surface area contributed by atoms with Gasteiger partial charge in [-0.15, -0.1) is 0 Å². The van der Waals surface area contributed by atoms with Crippen LogP contribution in [-0.2, 0) is 19.1 Å². The van der Waals surface area contributed by atoms with Gasteiger partial charge in [-0.05, 0) is 41.7 Å². The molecule has 1 aliphatic heterocycles. The number of aliphatic imine (C=N–C) groups is 1. The molecule has 0 aromatic carbocycles. The molecule has 2 N–H and O–H groups in total. The van der Waals surface area contributed by atoms with Crippen molar-refractivity contribution in [3.8, 4) is 0 Å². The second-order valence-electron chi connectivity index (χ2n) is 6.76. The Bertz CT molecular complexity index is 948. The summed E-state index contributed by atoms with van der Waals surface area (Å²) in [5.41, 5.74) is 1.98. The molecule has 0 amide bonds. The van der Waals surface area contributed by atoms with Crippen molar-refractivity contribution < 1.29 is 13.2 Å². The number of amidine groups is 1. The molecule has 0 spiro atoms. The molecule has 3 rings (SSSR count). The fourth-order valence-corrected chi connectivity index (χ4v) is 2.77. The summed E-state index contributed by atoms with van der Waals surface area (Å²) in [6, 6.07) is 6.18. The number of hydrogen-bond donors (Lipinski definition) is 2. The van der Waals surface area contributed by atoms with Crippen LogP contribution in [0.3, 0.4) is 0 Å². The van der Waals surface area contributed by atoms with Crippen molar-refractivity contribution in [3.63, 3.8) is 0 Å². The molecule has 3 heterocycles. The third-order valence-electron chi connectivity index (χ3n) is 4.38. The lowest BCUT2D eigenvalue weighted by atomic mass is 10.1. The first-order valence-corrected chi connectivity index (χ1v) is 9.78. The minimum absolute atomic E-state index is 0.334. The lowest BCUT2D eigenvalue weighted by Gasteiger charge is -2.09. The number of anilines is 1. The molecule has 30 heavy (non-hydrogen) atoms. The quantitative estimate of drug-likeness (QED) is 0.610. The number of halogens is 4. The van der Waals surface area contributed by atoms with E-state index < -0.39 is 11.9 Å². The predicted octanol–water partition coefficient (Wildman–Crippen LogP) is 5.42. The van der Waals surface area contributed by atoms with Crippen LogP contribution in [0.5, 0.6) is 0 Å². The van der Waals surface area contributed by atoms with Crippen LogP contribution in [0.4, 0.5) is 19.0 Å².